The molecule has 1 unspecified atom stereocenters. The van der Waals surface area contributed by atoms with Crippen molar-refractivity contribution < 1.29 is 9.21 Å². The van der Waals surface area contributed by atoms with Gasteiger partial charge in [-0.15, -0.1) is 0 Å². The van der Waals surface area contributed by atoms with Crippen molar-refractivity contribution >= 4 is 11.6 Å². The van der Waals surface area contributed by atoms with Crippen molar-refractivity contribution in [3.8, 4) is 0 Å². The Bertz CT molecular complexity index is 901. The minimum Gasteiger partial charge on any atom is -0.467 e. The summed E-state index contributed by atoms with van der Waals surface area (Å²) >= 11 is 0. The van der Waals surface area contributed by atoms with Crippen molar-refractivity contribution in [2.45, 2.75) is 38.9 Å². The van der Waals surface area contributed by atoms with Gasteiger partial charge in [-0.25, -0.2) is 0 Å². The van der Waals surface area contributed by atoms with Crippen molar-refractivity contribution in [3.05, 3.63) is 71.9 Å². The van der Waals surface area contributed by atoms with Crippen LogP contribution in [0.4, 0.5) is 5.69 Å². The number of fused-ring (bicyclic) bond motifs is 1. The van der Waals surface area contributed by atoms with E-state index in [1.54, 1.807) is 18.5 Å². The Morgan fingerprint density at radius 2 is 2.19 bits per heavy atom. The highest BCUT2D eigenvalue weighted by molar-refractivity contribution is 5.95. The van der Waals surface area contributed by atoms with Crippen LogP contribution in [0, 0.1) is 0 Å². The van der Waals surface area contributed by atoms with E-state index in [1.807, 2.05) is 16.9 Å². The van der Waals surface area contributed by atoms with E-state index in [-0.39, 0.29) is 5.91 Å². The maximum absolute atomic E-state index is 12.6. The molecule has 1 aliphatic heterocycles. The van der Waals surface area contributed by atoms with Crippen LogP contribution < -0.4 is 10.2 Å². The lowest BCUT2D eigenvalue weighted by atomic mass is 10.1. The highest BCUT2D eigenvalue weighted by atomic mass is 16.3. The summed E-state index contributed by atoms with van der Waals surface area (Å²) in [6.07, 6.45) is 7.13. The second-order valence-corrected chi connectivity index (χ2v) is 6.95. The predicted octanol–water partition coefficient (Wildman–Crippen LogP) is 3.25. The van der Waals surface area contributed by atoms with Gasteiger partial charge in [0.1, 0.15) is 5.76 Å². The molecule has 3 aromatic rings. The topological polar surface area (TPSA) is 63.3 Å². The van der Waals surface area contributed by atoms with Gasteiger partial charge in [-0.2, -0.15) is 5.10 Å². The van der Waals surface area contributed by atoms with Crippen LogP contribution in [0.5, 0.6) is 0 Å². The van der Waals surface area contributed by atoms with Gasteiger partial charge in [-0.3, -0.25) is 9.48 Å². The van der Waals surface area contributed by atoms with Crippen LogP contribution >= 0.6 is 0 Å². The van der Waals surface area contributed by atoms with Gasteiger partial charge in [-0.1, -0.05) is 18.2 Å². The standard InChI is InChI=1S/C21H24N4O2/c1-16-14-17-6-2-3-7-19(17)25(16)15-20-18(8-13-27-20)21(26)22-9-4-11-24-12-5-10-23-24/h2-3,5-8,10,12-13,16H,4,9,11,14-15H2,1H3,(H,22,26). The lowest BCUT2D eigenvalue weighted by Gasteiger charge is -2.24. The summed E-state index contributed by atoms with van der Waals surface area (Å²) in [5.41, 5.74) is 3.19. The molecule has 140 valence electrons. The van der Waals surface area contributed by atoms with Crippen LogP contribution in [0.2, 0.25) is 0 Å². The Balaban J connectivity index is 1.37. The number of furan rings is 1. The Morgan fingerprint density at radius 3 is 3.04 bits per heavy atom. The Hall–Kier alpha value is -3.02. The van der Waals surface area contributed by atoms with Gasteiger partial charge in [0.05, 0.1) is 18.4 Å². The number of para-hydroxylation sites is 1. The molecular formula is C21H24N4O2. The largest absolute Gasteiger partial charge is 0.467 e. The fraction of sp³-hybridized carbons (Fsp3) is 0.333. The van der Waals surface area contributed by atoms with Gasteiger partial charge in [0.2, 0.25) is 0 Å². The molecular weight excluding hydrogens is 340 g/mol. The normalized spacial score (nSPS) is 15.7. The predicted molar refractivity (Wildman–Crippen MR) is 104 cm³/mol. The number of carbonyl (C=O) groups is 1. The molecule has 0 saturated carbocycles. The SMILES string of the molecule is CC1Cc2ccccc2N1Cc1occc1C(=O)NCCCn1cccn1. The number of rotatable bonds is 7. The fourth-order valence-electron chi connectivity index (χ4n) is 3.66. The highest BCUT2D eigenvalue weighted by Gasteiger charge is 2.27. The summed E-state index contributed by atoms with van der Waals surface area (Å²) in [5.74, 6) is 0.627. The second kappa shape index (κ2) is 7.70. The molecule has 0 saturated heterocycles. The maximum Gasteiger partial charge on any atom is 0.254 e. The number of benzene rings is 1. The summed E-state index contributed by atoms with van der Waals surface area (Å²) in [4.78, 5) is 14.9. The van der Waals surface area contributed by atoms with E-state index in [1.165, 1.54) is 11.3 Å². The Kier molecular flexibility index (Phi) is 4.96. The number of hydrogen-bond acceptors (Lipinski definition) is 4. The summed E-state index contributed by atoms with van der Waals surface area (Å²) < 4.78 is 7.52. The van der Waals surface area contributed by atoms with E-state index in [9.17, 15) is 4.79 Å². The van der Waals surface area contributed by atoms with Crippen LogP contribution in [-0.4, -0.2) is 28.3 Å². The maximum atomic E-state index is 12.6. The van der Waals surface area contributed by atoms with E-state index in [2.05, 4.69) is 46.5 Å². The summed E-state index contributed by atoms with van der Waals surface area (Å²) in [7, 11) is 0. The molecule has 0 spiro atoms. The van der Waals surface area contributed by atoms with Crippen LogP contribution in [0.25, 0.3) is 0 Å². The Morgan fingerprint density at radius 1 is 1.30 bits per heavy atom. The number of aromatic nitrogens is 2. The molecule has 27 heavy (non-hydrogen) atoms. The molecule has 6 nitrogen and oxygen atoms in total. The first-order chi connectivity index (χ1) is 13.2. The van der Waals surface area contributed by atoms with Crippen LogP contribution in [0.1, 0.15) is 35.0 Å². The monoisotopic (exact) mass is 364 g/mol. The zero-order valence-electron chi connectivity index (χ0n) is 15.5. The van der Waals surface area contributed by atoms with Crippen LogP contribution in [-0.2, 0) is 19.5 Å². The molecule has 3 heterocycles. The lowest BCUT2D eigenvalue weighted by Crippen LogP contribution is -2.30. The molecule has 2 aromatic heterocycles. The molecule has 0 radical (unpaired) electrons. The van der Waals surface area contributed by atoms with Crippen molar-refractivity contribution in [3.63, 3.8) is 0 Å². The summed E-state index contributed by atoms with van der Waals surface area (Å²) in [6, 6.07) is 12.5. The minimum atomic E-state index is -0.0839. The first kappa shape index (κ1) is 17.4. The smallest absolute Gasteiger partial charge is 0.254 e. The van der Waals surface area contributed by atoms with Crippen molar-refractivity contribution in [2.75, 3.05) is 11.4 Å². The number of amides is 1. The zero-order chi connectivity index (χ0) is 18.6. The van der Waals surface area contributed by atoms with Gasteiger partial charge in [-0.05, 0) is 43.5 Å². The van der Waals surface area contributed by atoms with E-state index in [4.69, 9.17) is 4.42 Å². The van der Waals surface area contributed by atoms with Crippen LogP contribution in [0.3, 0.4) is 0 Å². The van der Waals surface area contributed by atoms with Gasteiger partial charge in [0, 0.05) is 37.2 Å². The van der Waals surface area contributed by atoms with Gasteiger partial charge >= 0.3 is 0 Å². The molecule has 1 aliphatic rings. The zero-order valence-corrected chi connectivity index (χ0v) is 15.5. The number of aryl methyl sites for hydroxylation is 1. The lowest BCUT2D eigenvalue weighted by molar-refractivity contribution is 0.0950. The molecule has 6 heteroatoms. The quantitative estimate of drug-likeness (QED) is 0.654. The second-order valence-electron chi connectivity index (χ2n) is 6.95. The van der Waals surface area contributed by atoms with Crippen molar-refractivity contribution in [1.82, 2.24) is 15.1 Å². The van der Waals surface area contributed by atoms with Crippen molar-refractivity contribution in [1.29, 1.82) is 0 Å². The third-order valence-corrected chi connectivity index (χ3v) is 5.06. The van der Waals surface area contributed by atoms with Gasteiger partial charge in [0.25, 0.3) is 5.91 Å². The van der Waals surface area contributed by atoms with Gasteiger partial charge < -0.3 is 14.6 Å². The molecule has 1 atom stereocenters. The van der Waals surface area contributed by atoms with E-state index >= 15 is 0 Å². The first-order valence-corrected chi connectivity index (χ1v) is 9.39. The minimum absolute atomic E-state index is 0.0839. The third kappa shape index (κ3) is 3.74. The average molecular weight is 364 g/mol. The van der Waals surface area contributed by atoms with E-state index in [0.29, 0.717) is 30.5 Å². The molecule has 0 aliphatic carbocycles. The van der Waals surface area contributed by atoms with E-state index in [0.717, 1.165) is 19.4 Å². The summed E-state index contributed by atoms with van der Waals surface area (Å²) in [6.45, 7) is 4.19. The Labute approximate surface area is 158 Å². The molecule has 0 bridgehead atoms. The number of nitrogens with one attached hydrogen (secondary N) is 1. The number of carbonyl (C=O) groups excluding carboxylic acids is 1. The number of anilines is 1. The van der Waals surface area contributed by atoms with Crippen LogP contribution in [0.15, 0.2) is 59.5 Å². The number of hydrogen-bond donors (Lipinski definition) is 1. The summed E-state index contributed by atoms with van der Waals surface area (Å²) in [5, 5.41) is 7.15. The average Bonchev–Trinajstić information content (AvgIpc) is 3.40. The molecule has 1 aromatic carbocycles. The highest BCUT2D eigenvalue weighted by Crippen LogP contribution is 2.33. The van der Waals surface area contributed by atoms with E-state index < -0.39 is 0 Å². The third-order valence-electron chi connectivity index (χ3n) is 5.06. The first-order valence-electron chi connectivity index (χ1n) is 9.39. The number of nitrogens with zero attached hydrogens (tertiary/aromatic N) is 3. The van der Waals surface area contributed by atoms with Crippen molar-refractivity contribution in [2.24, 2.45) is 0 Å². The van der Waals surface area contributed by atoms with Gasteiger partial charge in [0.15, 0.2) is 0 Å². The fourth-order valence-corrected chi connectivity index (χ4v) is 3.66. The molecule has 4 rings (SSSR count). The molecule has 1 amide bonds. The molecule has 0 fully saturated rings. The molecule has 1 N–H and O–H groups in total.